The third kappa shape index (κ3) is 4.21. The number of hydrogen-bond donors (Lipinski definition) is 0. The molecular weight excluding hydrogens is 645 g/mol. The first kappa shape index (κ1) is 29.7. The van der Waals surface area contributed by atoms with Crippen LogP contribution in [0, 0.1) is 0 Å². The predicted octanol–water partition coefficient (Wildman–Crippen LogP) is 14.8. The highest BCUT2D eigenvalue weighted by Gasteiger charge is 2.37. The van der Waals surface area contributed by atoms with Gasteiger partial charge in [-0.25, -0.2) is 0 Å². The zero-order valence-electron chi connectivity index (χ0n) is 29.1. The van der Waals surface area contributed by atoms with Crippen LogP contribution in [0.5, 0.6) is 0 Å². The average Bonchev–Trinajstić information content (AvgIpc) is 3.66. The Hall–Kier alpha value is -6.02. The smallest absolute Gasteiger partial charge is 0.0361 e. The van der Waals surface area contributed by atoms with Crippen LogP contribution in [0.3, 0.4) is 0 Å². The summed E-state index contributed by atoms with van der Waals surface area (Å²) in [6.07, 6.45) is 0. The van der Waals surface area contributed by atoms with Crippen LogP contribution < -0.4 is 0 Å². The first-order valence-electron chi connectivity index (χ1n) is 18.2. The fourth-order valence-corrected chi connectivity index (χ4v) is 10.3. The van der Waals surface area contributed by atoms with E-state index in [1.54, 1.807) is 0 Å². The molecule has 52 heavy (non-hydrogen) atoms. The first-order chi connectivity index (χ1) is 25.5. The molecule has 0 nitrogen and oxygen atoms in total. The quantitative estimate of drug-likeness (QED) is 0.163. The van der Waals surface area contributed by atoms with Crippen LogP contribution in [-0.2, 0) is 5.41 Å². The molecule has 1 heteroatoms. The zero-order chi connectivity index (χ0) is 34.6. The van der Waals surface area contributed by atoms with Gasteiger partial charge in [0.05, 0.1) is 0 Å². The highest BCUT2D eigenvalue weighted by atomic mass is 32.1. The largest absolute Gasteiger partial charge is 0.135 e. The molecule has 9 aromatic carbocycles. The van der Waals surface area contributed by atoms with Gasteiger partial charge in [0.15, 0.2) is 0 Å². The van der Waals surface area contributed by atoms with Crippen molar-refractivity contribution in [2.75, 3.05) is 0 Å². The molecule has 0 radical (unpaired) electrons. The lowest BCUT2D eigenvalue weighted by molar-refractivity contribution is 0.662. The Morgan fingerprint density at radius 3 is 1.58 bits per heavy atom. The fourth-order valence-electron chi connectivity index (χ4n) is 9.14. The van der Waals surface area contributed by atoms with Crippen molar-refractivity contribution in [3.8, 4) is 44.5 Å². The summed E-state index contributed by atoms with van der Waals surface area (Å²) in [7, 11) is 0. The van der Waals surface area contributed by atoms with E-state index in [0.29, 0.717) is 0 Å². The van der Waals surface area contributed by atoms with Crippen molar-refractivity contribution >= 4 is 63.8 Å². The maximum absolute atomic E-state index is 2.49. The van der Waals surface area contributed by atoms with E-state index in [-0.39, 0.29) is 5.41 Å². The van der Waals surface area contributed by atoms with Gasteiger partial charge in [0.2, 0.25) is 0 Å². The Morgan fingerprint density at radius 1 is 0.346 bits per heavy atom. The molecule has 1 heterocycles. The molecule has 0 N–H and O–H groups in total. The van der Waals surface area contributed by atoms with Crippen LogP contribution in [0.2, 0.25) is 0 Å². The van der Waals surface area contributed by atoms with Crippen LogP contribution in [0.1, 0.15) is 25.0 Å². The molecule has 0 unspecified atom stereocenters. The minimum absolute atomic E-state index is 0.0499. The van der Waals surface area contributed by atoms with Crippen LogP contribution in [0.15, 0.2) is 170 Å². The second kappa shape index (κ2) is 11.0. The van der Waals surface area contributed by atoms with E-state index in [0.717, 1.165) is 0 Å². The van der Waals surface area contributed by atoms with Gasteiger partial charge in [-0.1, -0.05) is 166 Å². The van der Waals surface area contributed by atoms with Gasteiger partial charge >= 0.3 is 0 Å². The number of fused-ring (bicyclic) bond motifs is 10. The molecule has 0 aliphatic heterocycles. The van der Waals surface area contributed by atoms with E-state index in [1.807, 2.05) is 11.3 Å². The summed E-state index contributed by atoms with van der Waals surface area (Å²) in [4.78, 5) is 0. The molecule has 0 bridgehead atoms. The van der Waals surface area contributed by atoms with Gasteiger partial charge in [-0.2, -0.15) is 0 Å². The SMILES string of the molecule is CC1(C)c2cc3sc4cc(-c5c6ccccc6c(-c6ccc(-c7ccccc7)cc6)c6ccccc56)ccc4c3cc2-c2c1ccc1ccccc21. The van der Waals surface area contributed by atoms with Gasteiger partial charge in [-0.05, 0) is 106 Å². The van der Waals surface area contributed by atoms with Gasteiger partial charge in [0.25, 0.3) is 0 Å². The molecule has 10 aromatic rings. The standard InChI is InChI=1S/C51H34S/c1-51(2)44-27-25-33-14-6-7-15-36(33)50(44)43-29-42-37-26-24-35(28-46(37)52-47(42)30-45(43)51)49-40-18-10-8-16-38(40)48(39-17-9-11-19-41(39)49)34-22-20-32(21-23-34)31-12-4-3-5-13-31/h3-30H,1-2H3. The van der Waals surface area contributed by atoms with E-state index < -0.39 is 0 Å². The predicted molar refractivity (Wildman–Crippen MR) is 226 cm³/mol. The van der Waals surface area contributed by atoms with Crippen LogP contribution in [0.25, 0.3) is 97.0 Å². The minimum Gasteiger partial charge on any atom is -0.135 e. The van der Waals surface area contributed by atoms with Crippen LogP contribution in [-0.4, -0.2) is 0 Å². The average molecular weight is 679 g/mol. The molecule has 11 rings (SSSR count). The number of hydrogen-bond acceptors (Lipinski definition) is 1. The lowest BCUT2D eigenvalue weighted by atomic mass is 9.82. The summed E-state index contributed by atoms with van der Waals surface area (Å²) in [6.45, 7) is 4.78. The zero-order valence-corrected chi connectivity index (χ0v) is 29.9. The van der Waals surface area contributed by atoms with E-state index in [1.165, 1.54) is 108 Å². The van der Waals surface area contributed by atoms with Crippen molar-refractivity contribution in [3.05, 3.63) is 181 Å². The molecule has 0 saturated carbocycles. The maximum Gasteiger partial charge on any atom is 0.0361 e. The van der Waals surface area contributed by atoms with E-state index in [4.69, 9.17) is 0 Å². The summed E-state index contributed by atoms with van der Waals surface area (Å²) < 4.78 is 2.70. The molecule has 1 aliphatic rings. The Labute approximate surface area is 307 Å². The second-order valence-electron chi connectivity index (χ2n) is 14.8. The highest BCUT2D eigenvalue weighted by Crippen LogP contribution is 2.54. The Balaban J connectivity index is 1.10. The van der Waals surface area contributed by atoms with Crippen LogP contribution >= 0.6 is 11.3 Å². The lowest BCUT2D eigenvalue weighted by Crippen LogP contribution is -2.14. The van der Waals surface area contributed by atoms with Gasteiger partial charge in [0.1, 0.15) is 0 Å². The maximum atomic E-state index is 2.49. The van der Waals surface area contributed by atoms with E-state index in [2.05, 4.69) is 184 Å². The topological polar surface area (TPSA) is 0 Å². The monoisotopic (exact) mass is 678 g/mol. The Morgan fingerprint density at radius 2 is 0.885 bits per heavy atom. The highest BCUT2D eigenvalue weighted by molar-refractivity contribution is 7.25. The molecule has 0 amide bonds. The van der Waals surface area contributed by atoms with Crippen molar-refractivity contribution in [2.45, 2.75) is 19.3 Å². The Kier molecular flexibility index (Phi) is 6.27. The van der Waals surface area contributed by atoms with Crippen molar-refractivity contribution in [1.29, 1.82) is 0 Å². The minimum atomic E-state index is -0.0499. The molecule has 0 saturated heterocycles. The van der Waals surface area contributed by atoms with Crippen molar-refractivity contribution in [2.24, 2.45) is 0 Å². The Bertz CT molecular complexity index is 3010. The normalized spacial score (nSPS) is 13.3. The summed E-state index contributed by atoms with van der Waals surface area (Å²) in [5.74, 6) is 0. The van der Waals surface area contributed by atoms with Crippen molar-refractivity contribution in [1.82, 2.24) is 0 Å². The summed E-state index contributed by atoms with van der Waals surface area (Å²) in [5.41, 5.74) is 13.2. The molecular formula is C51H34S. The van der Waals surface area contributed by atoms with Crippen molar-refractivity contribution in [3.63, 3.8) is 0 Å². The summed E-state index contributed by atoms with van der Waals surface area (Å²) in [5, 5.41) is 10.5. The van der Waals surface area contributed by atoms with Crippen LogP contribution in [0.4, 0.5) is 0 Å². The number of thiophene rings is 1. The molecule has 0 fully saturated rings. The number of rotatable bonds is 3. The van der Waals surface area contributed by atoms with E-state index >= 15 is 0 Å². The molecule has 0 atom stereocenters. The molecule has 1 aliphatic carbocycles. The van der Waals surface area contributed by atoms with Gasteiger partial charge in [0, 0.05) is 25.6 Å². The summed E-state index contributed by atoms with van der Waals surface area (Å²) in [6, 6.07) is 63.4. The third-order valence-corrected chi connectivity index (χ3v) is 12.8. The van der Waals surface area contributed by atoms with Gasteiger partial charge in [-0.3, -0.25) is 0 Å². The van der Waals surface area contributed by atoms with E-state index in [9.17, 15) is 0 Å². The lowest BCUT2D eigenvalue weighted by Gasteiger charge is -2.21. The third-order valence-electron chi connectivity index (χ3n) is 11.7. The molecule has 1 aromatic heterocycles. The van der Waals surface area contributed by atoms with Gasteiger partial charge in [-0.15, -0.1) is 11.3 Å². The van der Waals surface area contributed by atoms with Gasteiger partial charge < -0.3 is 0 Å². The molecule has 244 valence electrons. The fraction of sp³-hybridized carbons (Fsp3) is 0.0588. The summed E-state index contributed by atoms with van der Waals surface area (Å²) >= 11 is 1.93. The van der Waals surface area contributed by atoms with Crippen molar-refractivity contribution < 1.29 is 0 Å². The molecule has 0 spiro atoms. The first-order valence-corrected chi connectivity index (χ1v) is 19.0. The second-order valence-corrected chi connectivity index (χ2v) is 15.9. The number of benzene rings is 9.